The van der Waals surface area contributed by atoms with Crippen LogP contribution in [0.25, 0.3) is 0 Å². The van der Waals surface area contributed by atoms with Crippen LogP contribution in [0.4, 0.5) is 0 Å². The van der Waals surface area contributed by atoms with Crippen molar-refractivity contribution in [2.45, 2.75) is 19.4 Å². The topological polar surface area (TPSA) is 38.7 Å². The molecule has 0 bridgehead atoms. The van der Waals surface area contributed by atoms with Gasteiger partial charge in [0.05, 0.1) is 20.3 Å². The van der Waals surface area contributed by atoms with Gasteiger partial charge in [0.15, 0.2) is 0 Å². The number of methoxy groups -OCH3 is 2. The molecule has 0 heterocycles. The molecule has 1 unspecified atom stereocenters. The van der Waals surface area contributed by atoms with E-state index < -0.39 is 6.10 Å². The van der Waals surface area contributed by atoms with Gasteiger partial charge >= 0.3 is 0 Å². The molecule has 0 aromatic heterocycles. The SMILES string of the molecule is COc1ccc(C(O)CCSC)c(OC)c1C. The Morgan fingerprint density at radius 2 is 2.00 bits per heavy atom. The minimum Gasteiger partial charge on any atom is -0.496 e. The minimum atomic E-state index is -0.484. The first-order valence-corrected chi connectivity index (χ1v) is 6.93. The van der Waals surface area contributed by atoms with Crippen LogP contribution in [0.2, 0.25) is 0 Å². The first kappa shape index (κ1) is 14.2. The van der Waals surface area contributed by atoms with E-state index in [1.165, 1.54) is 0 Å². The van der Waals surface area contributed by atoms with Crippen molar-refractivity contribution >= 4 is 11.8 Å². The molecule has 3 nitrogen and oxygen atoms in total. The highest BCUT2D eigenvalue weighted by molar-refractivity contribution is 7.98. The highest BCUT2D eigenvalue weighted by Gasteiger charge is 2.17. The second kappa shape index (κ2) is 6.77. The predicted molar refractivity (Wildman–Crippen MR) is 72.2 cm³/mol. The van der Waals surface area contributed by atoms with Crippen molar-refractivity contribution in [3.8, 4) is 11.5 Å². The number of thioether (sulfide) groups is 1. The van der Waals surface area contributed by atoms with Gasteiger partial charge in [0, 0.05) is 11.1 Å². The van der Waals surface area contributed by atoms with E-state index >= 15 is 0 Å². The van der Waals surface area contributed by atoms with Gasteiger partial charge in [-0.2, -0.15) is 11.8 Å². The molecule has 0 aliphatic rings. The molecule has 4 heteroatoms. The van der Waals surface area contributed by atoms with E-state index in [0.29, 0.717) is 0 Å². The Bertz CT molecular complexity index is 366. The maximum atomic E-state index is 10.1. The minimum absolute atomic E-state index is 0.484. The third kappa shape index (κ3) is 3.30. The summed E-state index contributed by atoms with van der Waals surface area (Å²) in [6.45, 7) is 1.93. The van der Waals surface area contributed by atoms with E-state index in [9.17, 15) is 5.11 Å². The zero-order valence-electron chi connectivity index (χ0n) is 10.8. The van der Waals surface area contributed by atoms with Gasteiger partial charge in [-0.25, -0.2) is 0 Å². The molecule has 1 aromatic carbocycles. The Hall–Kier alpha value is -0.870. The molecule has 0 aliphatic carbocycles. The molecule has 17 heavy (non-hydrogen) atoms. The maximum absolute atomic E-state index is 10.1. The fourth-order valence-electron chi connectivity index (χ4n) is 1.83. The molecular formula is C13H20O3S. The number of benzene rings is 1. The lowest BCUT2D eigenvalue weighted by Crippen LogP contribution is -2.04. The van der Waals surface area contributed by atoms with Crippen LogP contribution < -0.4 is 9.47 Å². The number of rotatable bonds is 6. The molecule has 1 atom stereocenters. The van der Waals surface area contributed by atoms with Crippen molar-refractivity contribution in [3.63, 3.8) is 0 Å². The van der Waals surface area contributed by atoms with Crippen molar-refractivity contribution in [2.24, 2.45) is 0 Å². The molecule has 0 saturated heterocycles. The molecule has 0 fully saturated rings. The fourth-order valence-corrected chi connectivity index (χ4v) is 2.29. The van der Waals surface area contributed by atoms with E-state index in [4.69, 9.17) is 9.47 Å². The molecule has 1 rings (SSSR count). The number of ether oxygens (including phenoxy) is 2. The average molecular weight is 256 g/mol. The zero-order chi connectivity index (χ0) is 12.8. The molecule has 0 amide bonds. The van der Waals surface area contributed by atoms with Gasteiger partial charge in [-0.3, -0.25) is 0 Å². The largest absolute Gasteiger partial charge is 0.496 e. The van der Waals surface area contributed by atoms with E-state index in [2.05, 4.69) is 0 Å². The lowest BCUT2D eigenvalue weighted by molar-refractivity contribution is 0.170. The van der Waals surface area contributed by atoms with E-state index in [1.54, 1.807) is 26.0 Å². The maximum Gasteiger partial charge on any atom is 0.131 e. The Kier molecular flexibility index (Phi) is 5.65. The summed E-state index contributed by atoms with van der Waals surface area (Å²) >= 11 is 1.72. The molecular weight excluding hydrogens is 236 g/mol. The van der Waals surface area contributed by atoms with E-state index in [0.717, 1.165) is 34.8 Å². The monoisotopic (exact) mass is 256 g/mol. The third-order valence-electron chi connectivity index (χ3n) is 2.77. The van der Waals surface area contributed by atoms with Crippen LogP contribution in [0.5, 0.6) is 11.5 Å². The highest BCUT2D eigenvalue weighted by atomic mass is 32.2. The van der Waals surface area contributed by atoms with E-state index in [-0.39, 0.29) is 0 Å². The van der Waals surface area contributed by atoms with Gasteiger partial charge < -0.3 is 14.6 Å². The summed E-state index contributed by atoms with van der Waals surface area (Å²) in [6.07, 6.45) is 2.27. The van der Waals surface area contributed by atoms with Gasteiger partial charge in [0.1, 0.15) is 11.5 Å². The van der Waals surface area contributed by atoms with Crippen molar-refractivity contribution in [3.05, 3.63) is 23.3 Å². The summed E-state index contributed by atoms with van der Waals surface area (Å²) in [7, 11) is 3.25. The second-order valence-corrected chi connectivity index (χ2v) is 4.80. The Labute approximate surface area is 107 Å². The molecule has 0 radical (unpaired) electrons. The molecule has 0 aliphatic heterocycles. The Balaban J connectivity index is 3.03. The van der Waals surface area contributed by atoms with Gasteiger partial charge in [0.25, 0.3) is 0 Å². The van der Waals surface area contributed by atoms with Gasteiger partial charge in [-0.05, 0) is 37.5 Å². The Morgan fingerprint density at radius 3 is 2.53 bits per heavy atom. The van der Waals surface area contributed by atoms with Crippen LogP contribution in [-0.2, 0) is 0 Å². The second-order valence-electron chi connectivity index (χ2n) is 3.81. The van der Waals surface area contributed by atoms with Gasteiger partial charge in [-0.1, -0.05) is 0 Å². The molecule has 1 aromatic rings. The summed E-state index contributed by atoms with van der Waals surface area (Å²) < 4.78 is 10.6. The summed E-state index contributed by atoms with van der Waals surface area (Å²) in [6, 6.07) is 3.74. The first-order chi connectivity index (χ1) is 8.15. The number of aliphatic hydroxyl groups excluding tert-OH is 1. The smallest absolute Gasteiger partial charge is 0.131 e. The van der Waals surface area contributed by atoms with Crippen molar-refractivity contribution in [1.29, 1.82) is 0 Å². The van der Waals surface area contributed by atoms with Gasteiger partial charge in [0.2, 0.25) is 0 Å². The molecule has 0 spiro atoms. The molecule has 1 N–H and O–H groups in total. The summed E-state index contributed by atoms with van der Waals surface area (Å²) in [5.41, 5.74) is 1.76. The van der Waals surface area contributed by atoms with Gasteiger partial charge in [-0.15, -0.1) is 0 Å². The first-order valence-electron chi connectivity index (χ1n) is 5.54. The van der Waals surface area contributed by atoms with Crippen molar-refractivity contribution < 1.29 is 14.6 Å². The number of hydrogen-bond acceptors (Lipinski definition) is 4. The van der Waals surface area contributed by atoms with Crippen LogP contribution in [0, 0.1) is 6.92 Å². The average Bonchev–Trinajstić information content (AvgIpc) is 2.35. The quantitative estimate of drug-likeness (QED) is 0.849. The molecule has 0 saturated carbocycles. The highest BCUT2D eigenvalue weighted by Crippen LogP contribution is 2.35. The van der Waals surface area contributed by atoms with Crippen LogP contribution in [0.15, 0.2) is 12.1 Å². The van der Waals surface area contributed by atoms with Crippen molar-refractivity contribution in [1.82, 2.24) is 0 Å². The Morgan fingerprint density at radius 1 is 1.29 bits per heavy atom. The lowest BCUT2D eigenvalue weighted by Gasteiger charge is -2.18. The van der Waals surface area contributed by atoms with Crippen LogP contribution in [0.1, 0.15) is 23.7 Å². The van der Waals surface area contributed by atoms with E-state index in [1.807, 2.05) is 25.3 Å². The fraction of sp³-hybridized carbons (Fsp3) is 0.538. The normalized spacial score (nSPS) is 12.3. The lowest BCUT2D eigenvalue weighted by atomic mass is 10.0. The standard InChI is InChI=1S/C13H20O3S/c1-9-12(15-2)6-5-10(13(9)16-3)11(14)7-8-17-4/h5-6,11,14H,7-8H2,1-4H3. The number of aliphatic hydroxyl groups is 1. The third-order valence-corrected chi connectivity index (χ3v) is 3.41. The van der Waals surface area contributed by atoms with Crippen LogP contribution in [-0.4, -0.2) is 31.3 Å². The van der Waals surface area contributed by atoms with Crippen LogP contribution >= 0.6 is 11.8 Å². The number of hydrogen-bond donors (Lipinski definition) is 1. The zero-order valence-corrected chi connectivity index (χ0v) is 11.6. The summed E-state index contributed by atoms with van der Waals surface area (Å²) in [5, 5.41) is 10.1. The predicted octanol–water partition coefficient (Wildman–Crippen LogP) is 2.80. The summed E-state index contributed by atoms with van der Waals surface area (Å²) in [5.74, 6) is 2.43. The molecule has 96 valence electrons. The van der Waals surface area contributed by atoms with Crippen molar-refractivity contribution in [2.75, 3.05) is 26.2 Å². The van der Waals surface area contributed by atoms with Crippen LogP contribution in [0.3, 0.4) is 0 Å². The summed E-state index contributed by atoms with van der Waals surface area (Å²) in [4.78, 5) is 0.